The van der Waals surface area contributed by atoms with Crippen LogP contribution in [0.2, 0.25) is 0 Å². The fourth-order valence-electron chi connectivity index (χ4n) is 3.14. The number of hydrogen-bond acceptors (Lipinski definition) is 4. The number of nitrogens with zero attached hydrogens (tertiary/aromatic N) is 2. The van der Waals surface area contributed by atoms with Crippen LogP contribution in [0.4, 0.5) is 0 Å². The van der Waals surface area contributed by atoms with Gasteiger partial charge in [0.15, 0.2) is 5.16 Å². The molecule has 0 bridgehead atoms. The fourth-order valence-corrected chi connectivity index (χ4v) is 4.09. The van der Waals surface area contributed by atoms with Gasteiger partial charge in [0, 0.05) is 43.4 Å². The van der Waals surface area contributed by atoms with Crippen LogP contribution < -0.4 is 10.9 Å². The van der Waals surface area contributed by atoms with E-state index in [1.807, 2.05) is 13.8 Å². The van der Waals surface area contributed by atoms with Crippen molar-refractivity contribution in [3.8, 4) is 0 Å². The Morgan fingerprint density at radius 2 is 1.87 bits per heavy atom. The lowest BCUT2D eigenvalue weighted by Gasteiger charge is -2.19. The SMILES string of the molecule is CCCNC(=O)CCCSc1nc(C)c(Cc2ccc(C(C)(C)C)cc2)c(=O)n1C. The van der Waals surface area contributed by atoms with E-state index in [9.17, 15) is 9.59 Å². The molecule has 1 aromatic heterocycles. The van der Waals surface area contributed by atoms with E-state index in [4.69, 9.17) is 0 Å². The van der Waals surface area contributed by atoms with E-state index < -0.39 is 0 Å². The Hall–Kier alpha value is -2.08. The molecule has 1 aromatic carbocycles. The number of aryl methyl sites for hydroxylation is 1. The summed E-state index contributed by atoms with van der Waals surface area (Å²) in [6.07, 6.45) is 2.79. The van der Waals surface area contributed by atoms with E-state index in [0.717, 1.165) is 42.0 Å². The van der Waals surface area contributed by atoms with Crippen molar-refractivity contribution in [3.63, 3.8) is 0 Å². The van der Waals surface area contributed by atoms with Crippen LogP contribution in [0, 0.1) is 6.92 Å². The molecule has 0 spiro atoms. The molecule has 0 radical (unpaired) electrons. The van der Waals surface area contributed by atoms with Crippen molar-refractivity contribution in [1.29, 1.82) is 0 Å². The highest BCUT2D eigenvalue weighted by Gasteiger charge is 2.15. The lowest BCUT2D eigenvalue weighted by atomic mass is 9.86. The van der Waals surface area contributed by atoms with E-state index in [1.54, 1.807) is 11.6 Å². The molecule has 2 aromatic rings. The number of amides is 1. The maximum Gasteiger partial charge on any atom is 0.257 e. The first-order valence-electron chi connectivity index (χ1n) is 10.7. The first-order chi connectivity index (χ1) is 14.1. The molecule has 30 heavy (non-hydrogen) atoms. The number of nitrogens with one attached hydrogen (secondary N) is 1. The molecular weight excluding hydrogens is 394 g/mol. The van der Waals surface area contributed by atoms with E-state index in [2.05, 4.69) is 55.3 Å². The van der Waals surface area contributed by atoms with Crippen molar-refractivity contribution >= 4 is 17.7 Å². The quantitative estimate of drug-likeness (QED) is 0.365. The van der Waals surface area contributed by atoms with Gasteiger partial charge < -0.3 is 5.32 Å². The van der Waals surface area contributed by atoms with Gasteiger partial charge in [-0.3, -0.25) is 14.2 Å². The van der Waals surface area contributed by atoms with Gasteiger partial charge in [-0.25, -0.2) is 4.98 Å². The summed E-state index contributed by atoms with van der Waals surface area (Å²) in [4.78, 5) is 29.3. The predicted molar refractivity (Wildman–Crippen MR) is 125 cm³/mol. The van der Waals surface area contributed by atoms with Crippen LogP contribution in [-0.2, 0) is 23.7 Å². The van der Waals surface area contributed by atoms with Crippen molar-refractivity contribution < 1.29 is 4.79 Å². The number of rotatable bonds is 9. The number of aromatic nitrogens is 2. The second-order valence-corrected chi connectivity index (χ2v) is 9.81. The number of carbonyl (C=O) groups is 1. The number of benzene rings is 1. The third-order valence-corrected chi connectivity index (χ3v) is 6.22. The van der Waals surface area contributed by atoms with Gasteiger partial charge in [-0.2, -0.15) is 0 Å². The summed E-state index contributed by atoms with van der Waals surface area (Å²) in [5, 5.41) is 3.59. The van der Waals surface area contributed by atoms with E-state index >= 15 is 0 Å². The zero-order valence-electron chi connectivity index (χ0n) is 19.2. The van der Waals surface area contributed by atoms with Gasteiger partial charge in [0.2, 0.25) is 5.91 Å². The first kappa shape index (κ1) is 24.2. The van der Waals surface area contributed by atoms with Crippen molar-refractivity contribution in [3.05, 3.63) is 57.0 Å². The third kappa shape index (κ3) is 6.73. The minimum Gasteiger partial charge on any atom is -0.356 e. The van der Waals surface area contributed by atoms with Gasteiger partial charge >= 0.3 is 0 Å². The average Bonchev–Trinajstić information content (AvgIpc) is 2.70. The normalized spacial score (nSPS) is 11.5. The van der Waals surface area contributed by atoms with E-state index in [0.29, 0.717) is 18.0 Å². The minimum atomic E-state index is 0.00517. The number of carbonyl (C=O) groups excluding carboxylic acids is 1. The highest BCUT2D eigenvalue weighted by molar-refractivity contribution is 7.99. The van der Waals surface area contributed by atoms with Crippen LogP contribution in [0.5, 0.6) is 0 Å². The van der Waals surface area contributed by atoms with Crippen molar-refractivity contribution in [2.75, 3.05) is 12.3 Å². The maximum atomic E-state index is 12.9. The minimum absolute atomic E-state index is 0.00517. The zero-order valence-corrected chi connectivity index (χ0v) is 20.0. The molecule has 0 saturated carbocycles. The largest absolute Gasteiger partial charge is 0.356 e. The fraction of sp³-hybridized carbons (Fsp3) is 0.542. The summed E-state index contributed by atoms with van der Waals surface area (Å²) in [7, 11) is 1.78. The topological polar surface area (TPSA) is 64.0 Å². The standard InChI is InChI=1S/C24H35N3O2S/c1-7-14-25-21(28)9-8-15-30-23-26-17(2)20(22(29)27(23)6)16-18-10-12-19(13-11-18)24(3,4)5/h10-13H,7-9,14-16H2,1-6H3,(H,25,28). The highest BCUT2D eigenvalue weighted by atomic mass is 32.2. The molecule has 0 fully saturated rings. The highest BCUT2D eigenvalue weighted by Crippen LogP contribution is 2.23. The lowest BCUT2D eigenvalue weighted by molar-refractivity contribution is -0.121. The van der Waals surface area contributed by atoms with Gasteiger partial charge in [0.05, 0.1) is 0 Å². The monoisotopic (exact) mass is 429 g/mol. The Morgan fingerprint density at radius 1 is 1.20 bits per heavy atom. The second kappa shape index (κ2) is 10.8. The van der Waals surface area contributed by atoms with Gasteiger partial charge in [-0.1, -0.05) is 63.7 Å². The van der Waals surface area contributed by atoms with Crippen LogP contribution >= 0.6 is 11.8 Å². The van der Waals surface area contributed by atoms with Crippen molar-refractivity contribution in [2.24, 2.45) is 7.05 Å². The Labute approximate surface area is 184 Å². The van der Waals surface area contributed by atoms with Crippen LogP contribution in [0.15, 0.2) is 34.2 Å². The molecule has 164 valence electrons. The molecule has 5 nitrogen and oxygen atoms in total. The molecule has 1 amide bonds. The zero-order chi connectivity index (χ0) is 22.3. The Bertz CT molecular complexity index is 912. The Balaban J connectivity index is 2.04. The van der Waals surface area contributed by atoms with E-state index in [1.165, 1.54) is 17.3 Å². The second-order valence-electron chi connectivity index (χ2n) is 8.75. The van der Waals surface area contributed by atoms with Gasteiger partial charge in [0.25, 0.3) is 5.56 Å². The van der Waals surface area contributed by atoms with Crippen LogP contribution in [0.25, 0.3) is 0 Å². The van der Waals surface area contributed by atoms with Crippen molar-refractivity contribution in [2.45, 2.75) is 70.9 Å². The van der Waals surface area contributed by atoms with E-state index in [-0.39, 0.29) is 16.9 Å². The number of hydrogen-bond donors (Lipinski definition) is 1. The van der Waals surface area contributed by atoms with Gasteiger partial charge in [-0.05, 0) is 36.3 Å². The average molecular weight is 430 g/mol. The molecule has 0 aliphatic heterocycles. The Kier molecular flexibility index (Phi) is 8.71. The van der Waals surface area contributed by atoms with Gasteiger partial charge in [0.1, 0.15) is 0 Å². The van der Waals surface area contributed by atoms with Gasteiger partial charge in [-0.15, -0.1) is 0 Å². The first-order valence-corrected chi connectivity index (χ1v) is 11.7. The molecule has 0 unspecified atom stereocenters. The maximum absolute atomic E-state index is 12.9. The van der Waals surface area contributed by atoms with Crippen LogP contribution in [-0.4, -0.2) is 27.8 Å². The third-order valence-electron chi connectivity index (χ3n) is 5.10. The molecule has 0 saturated heterocycles. The molecule has 0 atom stereocenters. The predicted octanol–water partition coefficient (Wildman–Crippen LogP) is 4.38. The molecule has 1 heterocycles. The lowest BCUT2D eigenvalue weighted by Crippen LogP contribution is -2.26. The summed E-state index contributed by atoms with van der Waals surface area (Å²) >= 11 is 1.53. The smallest absolute Gasteiger partial charge is 0.257 e. The summed E-state index contributed by atoms with van der Waals surface area (Å²) in [5.74, 6) is 0.843. The molecule has 0 aliphatic rings. The molecular formula is C24H35N3O2S. The summed E-state index contributed by atoms with van der Waals surface area (Å²) in [6.45, 7) is 11.2. The summed E-state index contributed by atoms with van der Waals surface area (Å²) in [6, 6.07) is 8.49. The van der Waals surface area contributed by atoms with Crippen LogP contribution in [0.3, 0.4) is 0 Å². The Morgan fingerprint density at radius 3 is 2.47 bits per heavy atom. The molecule has 0 aliphatic carbocycles. The molecule has 1 N–H and O–H groups in total. The summed E-state index contributed by atoms with van der Waals surface area (Å²) < 4.78 is 1.63. The molecule has 2 rings (SSSR count). The molecule has 6 heteroatoms. The van der Waals surface area contributed by atoms with Crippen molar-refractivity contribution in [1.82, 2.24) is 14.9 Å². The van der Waals surface area contributed by atoms with Crippen LogP contribution in [0.1, 0.15) is 69.3 Å². The summed E-state index contributed by atoms with van der Waals surface area (Å²) in [5.41, 5.74) is 4.03. The number of thioether (sulfide) groups is 1.